The predicted molar refractivity (Wildman–Crippen MR) is 538 cm³/mol. The van der Waals surface area contributed by atoms with Gasteiger partial charge in [0.25, 0.3) is 0 Å². The third kappa shape index (κ3) is 45.7. The van der Waals surface area contributed by atoms with Crippen molar-refractivity contribution in [2.75, 3.05) is 45.8 Å². The third-order valence-electron chi connectivity index (χ3n) is 24.0. The Bertz CT molecular complexity index is 4980. The van der Waals surface area contributed by atoms with Gasteiger partial charge in [-0.05, 0) is 166 Å². The van der Waals surface area contributed by atoms with Gasteiger partial charge in [-0.25, -0.2) is 0 Å². The minimum absolute atomic E-state index is 0.0301. The van der Waals surface area contributed by atoms with Gasteiger partial charge in [-0.15, -0.1) is 0 Å². The Labute approximate surface area is 867 Å². The first-order valence-electron chi connectivity index (χ1n) is 49.8. The number of para-hydroxylation sites is 1. The molecule has 0 radical (unpaired) electrons. The monoisotopic (exact) mass is 2130 g/mol. The number of aliphatic hydroxyl groups excluding tert-OH is 3. The average Bonchev–Trinajstić information content (AvgIpc) is 1.66. The number of benzene rings is 1. The lowest BCUT2D eigenvalue weighted by Gasteiger charge is -2.32. The summed E-state index contributed by atoms with van der Waals surface area (Å²) < 4.78 is 0. The van der Waals surface area contributed by atoms with Crippen molar-refractivity contribution in [1.82, 2.24) is 111 Å². The van der Waals surface area contributed by atoms with Gasteiger partial charge in [0, 0.05) is 43.0 Å². The van der Waals surface area contributed by atoms with E-state index in [0.717, 1.165) is 25.7 Å². The van der Waals surface area contributed by atoms with Crippen LogP contribution in [0.3, 0.4) is 0 Å². The number of aliphatic carboxylic acids is 3. The van der Waals surface area contributed by atoms with Crippen LogP contribution in [0, 0.1) is 29.1 Å². The van der Waals surface area contributed by atoms with Gasteiger partial charge in [0.15, 0.2) is 5.96 Å². The fourth-order valence-corrected chi connectivity index (χ4v) is 15.6. The molecule has 0 unspecified atom stereocenters. The molecule has 0 aliphatic carbocycles. The van der Waals surface area contributed by atoms with Crippen LogP contribution in [-0.4, -0.2) is 349 Å². The number of rotatable bonds is 69. The number of nitrogens with two attached hydrogens (primary N) is 5. The number of hydrogen-bond donors (Lipinski definition) is 32. The van der Waals surface area contributed by atoms with Crippen molar-refractivity contribution in [2.45, 2.75) is 327 Å². The van der Waals surface area contributed by atoms with E-state index in [1.807, 2.05) is 0 Å². The van der Waals surface area contributed by atoms with Crippen molar-refractivity contribution < 1.29 is 141 Å². The Balaban J connectivity index is 1.93. The number of aliphatic hydroxyl groups is 3. The summed E-state index contributed by atoms with van der Waals surface area (Å²) in [7, 11) is 0. The maximum absolute atomic E-state index is 15.3. The molecule has 0 spiro atoms. The van der Waals surface area contributed by atoms with Gasteiger partial charge in [0.1, 0.15) is 103 Å². The lowest BCUT2D eigenvalue weighted by molar-refractivity contribution is -0.145. The number of unbranched alkanes of at least 4 members (excludes halogenated alkanes) is 2. The molecule has 2 heterocycles. The van der Waals surface area contributed by atoms with Gasteiger partial charge >= 0.3 is 17.9 Å². The SMILES string of the molecule is CC[C@H](C)[C@H](NC(=O)[C@H](CCCCN)NC(=O)[C@H](Cc1c[nH]c2ccccc12)NC(=O)[C@@H](NC(=O)[C@H](CC(C)C)NC(=O)[C@H](CCCCN)NC(=O)CNC(=O)[C@H](CC(=O)O)NC(=O)[C@H](C)NC(=O)[C@@H](NC(=O)[C@@H]1CCCN1C(=O)[C@@H](NC(=O)[C@@H](NC(=O)[C@H](C)N)[C@@H](C)O)[C@@H](C)O)[C@@H](C)O)C(C)C)C(=O)N[C@@H](CC(=O)O)C(=O)N[C@@H](CCCNC(=N)N)C(=O)N[C@@H](CC(C)C)C(=O)NCC(=O)N[C@@H](CCC(N)=O)C(=O)NCC(=O)O. The van der Waals surface area contributed by atoms with Gasteiger partial charge in [0.2, 0.25) is 118 Å². The Morgan fingerprint density at radius 2 is 0.820 bits per heavy atom. The number of fused-ring (bicyclic) bond motifs is 1. The van der Waals surface area contributed by atoms with E-state index in [9.17, 15) is 121 Å². The molecule has 1 aromatic heterocycles. The van der Waals surface area contributed by atoms with Crippen LogP contribution in [0.1, 0.15) is 205 Å². The molecule has 150 heavy (non-hydrogen) atoms. The summed E-state index contributed by atoms with van der Waals surface area (Å²) in [5.41, 5.74) is 29.2. The van der Waals surface area contributed by atoms with Crippen molar-refractivity contribution in [1.29, 1.82) is 5.41 Å². The quantitative estimate of drug-likeness (QED) is 0.0166. The summed E-state index contributed by atoms with van der Waals surface area (Å²) in [5, 5.41) is 115. The molecule has 1 aliphatic heterocycles. The van der Waals surface area contributed by atoms with Crippen LogP contribution in [0.4, 0.5) is 0 Å². The average molecular weight is 2130 g/mol. The van der Waals surface area contributed by atoms with Gasteiger partial charge in [-0.1, -0.05) is 80.0 Å². The normalized spacial score (nSPS) is 16.3. The van der Waals surface area contributed by atoms with Crippen LogP contribution in [0.2, 0.25) is 0 Å². The summed E-state index contributed by atoms with van der Waals surface area (Å²) in [6.07, 6.45) is -6.19. The molecule has 37 N–H and O–H groups in total. The maximum atomic E-state index is 15.3. The molecular formula is C94H155N27O29. The summed E-state index contributed by atoms with van der Waals surface area (Å²) in [4.78, 5) is 319. The molecule has 840 valence electrons. The lowest BCUT2D eigenvalue weighted by atomic mass is 9.96. The van der Waals surface area contributed by atoms with E-state index in [0.29, 0.717) is 22.9 Å². The number of guanidine groups is 1. The van der Waals surface area contributed by atoms with E-state index in [1.165, 1.54) is 20.8 Å². The zero-order valence-electron chi connectivity index (χ0n) is 86.8. The highest BCUT2D eigenvalue weighted by Gasteiger charge is 2.45. The Kier molecular flexibility index (Phi) is 56.6. The van der Waals surface area contributed by atoms with Gasteiger partial charge < -0.3 is 170 Å². The Hall–Kier alpha value is -14.4. The van der Waals surface area contributed by atoms with Crippen molar-refractivity contribution in [3.05, 3.63) is 36.0 Å². The number of aromatic amines is 1. The highest BCUT2D eigenvalue weighted by atomic mass is 16.4. The fourth-order valence-electron chi connectivity index (χ4n) is 15.6. The highest BCUT2D eigenvalue weighted by Crippen LogP contribution is 2.24. The number of nitrogens with one attached hydrogen (secondary N) is 21. The number of carbonyl (C=O) groups excluding carboxylic acids is 20. The van der Waals surface area contributed by atoms with Crippen LogP contribution in [-0.2, 0) is 117 Å². The zero-order chi connectivity index (χ0) is 113. The molecule has 0 saturated carbocycles. The smallest absolute Gasteiger partial charge is 0.322 e. The summed E-state index contributed by atoms with van der Waals surface area (Å²) >= 11 is 0. The van der Waals surface area contributed by atoms with E-state index in [2.05, 4.69) is 106 Å². The van der Waals surface area contributed by atoms with Gasteiger partial charge in [-0.2, -0.15) is 0 Å². The molecule has 3 rings (SSSR count). The van der Waals surface area contributed by atoms with E-state index in [-0.39, 0.29) is 128 Å². The second kappa shape index (κ2) is 65.4. The van der Waals surface area contributed by atoms with E-state index in [4.69, 9.17) is 39.2 Å². The summed E-state index contributed by atoms with van der Waals surface area (Å²) in [6.45, 7) is 16.3. The number of carbonyl (C=O) groups is 23. The third-order valence-corrected chi connectivity index (χ3v) is 24.0. The van der Waals surface area contributed by atoms with E-state index < -0.39 is 314 Å². The molecule has 20 amide bonds. The van der Waals surface area contributed by atoms with Crippen LogP contribution in [0.5, 0.6) is 0 Å². The van der Waals surface area contributed by atoms with Crippen LogP contribution in [0.15, 0.2) is 30.5 Å². The standard InChI is InChI=1S/C94H155N27O29/c1-14-47(8)73(90(147)115-64(39-70(130)131)86(143)110-58(27-21-33-101-94(99)100)83(140)112-60(35-44(2)3)80(137)103-42-68(127)108-59(29-30-66(98)125)79(136)105-43-71(132)133)117-84(141)57(26-18-20-32-96)109-85(142)62(37-53-40-102-55-24-16-15-23-54(53)55)114-89(146)72(46(6)7)116-87(144)61(36-45(4)5)113-82(139)56(25-17-19-31-95)107-67(126)41-104-81(138)63(38-69(128)129)111-78(135)49(10)106-91(148)74(50(11)122)119-88(145)65-28-22-34-121(65)93(150)76(52(13)124)120-92(149)75(51(12)123)118-77(134)48(9)97/h15-16,23-24,40,44-52,56-65,72-76,102,122-124H,14,17-22,25-39,41-43,95-97H2,1-13H3,(H2,98,125)(H,103,137)(H,104,138)(H,105,136)(H,106,148)(H,107,126)(H,108,127)(H,109,142)(H,110,143)(H,111,135)(H,112,140)(H,113,139)(H,114,146)(H,115,147)(H,116,144)(H,117,141)(H,118,134)(H,119,145)(H,120,149)(H,128,129)(H,130,131)(H,132,133)(H4,99,100,101)/t47-,48-,49-,50+,51+,52+,56-,57-,58-,59-,60-,61-,62-,63-,64-,65-,72-,73-,74-,75-,76-/m0/s1. The Morgan fingerprint density at radius 3 is 1.31 bits per heavy atom. The number of aromatic nitrogens is 1. The van der Waals surface area contributed by atoms with Gasteiger partial charge in [-0.3, -0.25) is 116 Å². The minimum atomic E-state index is -2.02. The molecule has 1 aliphatic rings. The maximum Gasteiger partial charge on any atom is 0.322 e. The molecule has 56 heteroatoms. The molecule has 56 nitrogen and oxygen atoms in total. The summed E-state index contributed by atoms with van der Waals surface area (Å²) in [5.74, 6) is -28.3. The first-order chi connectivity index (χ1) is 70.4. The van der Waals surface area contributed by atoms with Crippen molar-refractivity contribution >= 4 is 153 Å². The topological polar surface area (TPSA) is 916 Å². The van der Waals surface area contributed by atoms with E-state index in [1.54, 1.807) is 78.9 Å². The largest absolute Gasteiger partial charge is 0.481 e. The molecule has 21 atom stereocenters. The molecule has 1 saturated heterocycles. The van der Waals surface area contributed by atoms with Crippen LogP contribution < -0.4 is 130 Å². The van der Waals surface area contributed by atoms with E-state index >= 15 is 14.4 Å². The number of hydrogen-bond acceptors (Lipinski definition) is 30. The number of primary amides is 1. The number of carboxylic acids is 3. The number of H-pyrrole nitrogens is 1. The number of nitrogens with zero attached hydrogens (tertiary/aromatic N) is 1. The zero-order valence-corrected chi connectivity index (χ0v) is 86.8. The lowest BCUT2D eigenvalue weighted by Crippen LogP contribution is -2.63. The Morgan fingerprint density at radius 1 is 0.420 bits per heavy atom. The molecule has 2 aromatic rings. The first-order valence-corrected chi connectivity index (χ1v) is 49.8. The van der Waals surface area contributed by atoms with Crippen LogP contribution >= 0.6 is 0 Å². The summed E-state index contributed by atoms with van der Waals surface area (Å²) in [6, 6.07) is -20.4. The van der Waals surface area contributed by atoms with Crippen LogP contribution in [0.25, 0.3) is 10.9 Å². The molecule has 1 fully saturated rings. The second-order valence-electron chi connectivity index (χ2n) is 38.3. The molecule has 1 aromatic carbocycles. The van der Waals surface area contributed by atoms with Crippen molar-refractivity contribution in [3.63, 3.8) is 0 Å². The predicted octanol–water partition coefficient (Wildman–Crippen LogP) is -9.55. The molecule has 0 bridgehead atoms. The minimum Gasteiger partial charge on any atom is -0.481 e. The van der Waals surface area contributed by atoms with Crippen molar-refractivity contribution in [2.24, 2.45) is 52.3 Å². The van der Waals surface area contributed by atoms with Crippen molar-refractivity contribution in [3.8, 4) is 0 Å². The number of likely N-dealkylation sites (tertiary alicyclic amines) is 1. The number of carboxylic acid groups (broad SMARTS) is 3. The first kappa shape index (κ1) is 130. The fraction of sp³-hybridized carbons (Fsp3) is 0.660. The highest BCUT2D eigenvalue weighted by molar-refractivity contribution is 6.03. The van der Waals surface area contributed by atoms with Gasteiger partial charge in [0.05, 0.1) is 50.3 Å². The number of amides is 20. The molecular weight excluding hydrogens is 1970 g/mol. The second-order valence-corrected chi connectivity index (χ2v) is 38.3.